The van der Waals surface area contributed by atoms with Crippen LogP contribution in [-0.2, 0) is 22.9 Å². The molecular formula is C8H10N2O2S. The van der Waals surface area contributed by atoms with Gasteiger partial charge < -0.3 is 0 Å². The van der Waals surface area contributed by atoms with Crippen molar-refractivity contribution < 1.29 is 8.42 Å². The van der Waals surface area contributed by atoms with Gasteiger partial charge in [-0.25, -0.2) is 13.6 Å². The van der Waals surface area contributed by atoms with Crippen LogP contribution in [0.2, 0.25) is 0 Å². The van der Waals surface area contributed by atoms with Gasteiger partial charge >= 0.3 is 0 Å². The van der Waals surface area contributed by atoms with E-state index in [0.717, 1.165) is 30.5 Å². The third kappa shape index (κ3) is 1.57. The summed E-state index contributed by atoms with van der Waals surface area (Å²) in [6, 6.07) is 1.63. The number of fused-ring (bicyclic) bond motifs is 1. The Hall–Kier alpha value is -0.940. The molecule has 1 aliphatic rings. The molecule has 70 valence electrons. The number of aryl methyl sites for hydroxylation is 2. The largest absolute Gasteiger partial charge is 0.260 e. The number of nitrogens with zero attached hydrogens (tertiary/aromatic N) is 1. The molecule has 0 aromatic carbocycles. The molecule has 1 aliphatic carbocycles. The first-order chi connectivity index (χ1) is 6.07. The van der Waals surface area contributed by atoms with Crippen LogP contribution >= 0.6 is 0 Å². The Morgan fingerprint density at radius 1 is 1.38 bits per heavy atom. The second kappa shape index (κ2) is 2.78. The molecule has 0 saturated carbocycles. The number of nitrogens with two attached hydrogens (primary N) is 1. The first-order valence-electron chi connectivity index (χ1n) is 4.08. The molecule has 4 nitrogen and oxygen atoms in total. The molecule has 0 spiro atoms. The topological polar surface area (TPSA) is 73.1 Å². The van der Waals surface area contributed by atoms with Gasteiger partial charge in [0.1, 0.15) is 4.90 Å². The predicted octanol–water partition coefficient (Wildman–Crippen LogP) is 0.218. The predicted molar refractivity (Wildman–Crippen MR) is 47.6 cm³/mol. The molecule has 0 amide bonds. The van der Waals surface area contributed by atoms with E-state index >= 15 is 0 Å². The van der Waals surface area contributed by atoms with Gasteiger partial charge in [0.25, 0.3) is 0 Å². The van der Waals surface area contributed by atoms with Crippen LogP contribution in [0.4, 0.5) is 0 Å². The average Bonchev–Trinajstić information content (AvgIpc) is 2.47. The normalized spacial score (nSPS) is 15.8. The Kier molecular flexibility index (Phi) is 1.85. The summed E-state index contributed by atoms with van der Waals surface area (Å²) in [4.78, 5) is 4.19. The van der Waals surface area contributed by atoms with Gasteiger partial charge in [0, 0.05) is 11.9 Å². The quantitative estimate of drug-likeness (QED) is 0.701. The third-order valence-corrected chi connectivity index (χ3v) is 3.10. The number of rotatable bonds is 1. The summed E-state index contributed by atoms with van der Waals surface area (Å²) in [6.07, 6.45) is 4.24. The number of sulfonamides is 1. The summed E-state index contributed by atoms with van der Waals surface area (Å²) in [5.74, 6) is 0. The van der Waals surface area contributed by atoms with Crippen LogP contribution < -0.4 is 5.14 Å². The van der Waals surface area contributed by atoms with Gasteiger partial charge in [0.05, 0.1) is 0 Å². The smallest absolute Gasteiger partial charge is 0.239 e. The molecule has 0 aliphatic heterocycles. The van der Waals surface area contributed by atoms with Crippen molar-refractivity contribution in [3.63, 3.8) is 0 Å². The molecule has 0 radical (unpaired) electrons. The monoisotopic (exact) mass is 198 g/mol. The highest BCUT2D eigenvalue weighted by Crippen LogP contribution is 2.21. The Morgan fingerprint density at radius 3 is 2.85 bits per heavy atom. The summed E-state index contributed by atoms with van der Waals surface area (Å²) in [5, 5.41) is 4.98. The molecule has 0 saturated heterocycles. The second-order valence-electron chi connectivity index (χ2n) is 3.18. The standard InChI is InChI=1S/C8H10N2O2S/c9-13(11,12)7-4-6-2-1-3-8(6)10-5-7/h4-5H,1-3H2,(H2,9,11,12). The zero-order valence-electron chi connectivity index (χ0n) is 7.03. The van der Waals surface area contributed by atoms with Crippen LogP contribution in [0, 0.1) is 0 Å². The maximum absolute atomic E-state index is 11.0. The summed E-state index contributed by atoms with van der Waals surface area (Å²) in [7, 11) is -3.59. The van der Waals surface area contributed by atoms with E-state index < -0.39 is 10.0 Å². The molecule has 13 heavy (non-hydrogen) atoms. The Bertz CT molecular complexity index is 439. The van der Waals surface area contributed by atoms with Crippen molar-refractivity contribution in [3.8, 4) is 0 Å². The third-order valence-electron chi connectivity index (χ3n) is 2.22. The van der Waals surface area contributed by atoms with Gasteiger partial charge in [0.2, 0.25) is 10.0 Å². The van der Waals surface area contributed by atoms with Crippen molar-refractivity contribution in [1.82, 2.24) is 4.98 Å². The van der Waals surface area contributed by atoms with Gasteiger partial charge in [-0.3, -0.25) is 4.98 Å². The Balaban J connectivity index is 2.54. The lowest BCUT2D eigenvalue weighted by Gasteiger charge is -2.00. The number of aromatic nitrogens is 1. The van der Waals surface area contributed by atoms with E-state index in [4.69, 9.17) is 5.14 Å². The van der Waals surface area contributed by atoms with Gasteiger partial charge in [-0.1, -0.05) is 0 Å². The van der Waals surface area contributed by atoms with Crippen LogP contribution in [0.3, 0.4) is 0 Å². The van der Waals surface area contributed by atoms with Crippen molar-refractivity contribution in [3.05, 3.63) is 23.5 Å². The average molecular weight is 198 g/mol. The van der Waals surface area contributed by atoms with E-state index in [9.17, 15) is 8.42 Å². The van der Waals surface area contributed by atoms with E-state index in [2.05, 4.69) is 4.98 Å². The molecule has 0 unspecified atom stereocenters. The van der Waals surface area contributed by atoms with Crippen molar-refractivity contribution in [2.24, 2.45) is 5.14 Å². The maximum Gasteiger partial charge on any atom is 0.239 e. The molecule has 0 fully saturated rings. The van der Waals surface area contributed by atoms with Crippen molar-refractivity contribution in [2.45, 2.75) is 24.2 Å². The Labute approximate surface area is 76.8 Å². The minimum atomic E-state index is -3.59. The molecule has 1 aromatic heterocycles. The highest BCUT2D eigenvalue weighted by atomic mass is 32.2. The highest BCUT2D eigenvalue weighted by molar-refractivity contribution is 7.89. The molecule has 1 aromatic rings. The van der Waals surface area contributed by atoms with Crippen LogP contribution in [0.5, 0.6) is 0 Å². The zero-order valence-corrected chi connectivity index (χ0v) is 7.84. The van der Waals surface area contributed by atoms with Gasteiger partial charge in [-0.2, -0.15) is 0 Å². The number of primary sulfonamides is 1. The fourth-order valence-corrected chi connectivity index (χ4v) is 2.07. The SMILES string of the molecule is NS(=O)(=O)c1cnc2c(c1)CCC2. The first-order valence-corrected chi connectivity index (χ1v) is 5.62. The van der Waals surface area contributed by atoms with Crippen LogP contribution in [0.25, 0.3) is 0 Å². The molecular weight excluding hydrogens is 188 g/mol. The summed E-state index contributed by atoms with van der Waals surface area (Å²) in [6.45, 7) is 0. The zero-order chi connectivity index (χ0) is 9.47. The lowest BCUT2D eigenvalue weighted by Crippen LogP contribution is -2.13. The summed E-state index contributed by atoms with van der Waals surface area (Å²) >= 11 is 0. The highest BCUT2D eigenvalue weighted by Gasteiger charge is 2.16. The lowest BCUT2D eigenvalue weighted by atomic mass is 10.2. The van der Waals surface area contributed by atoms with E-state index in [1.54, 1.807) is 6.07 Å². The molecule has 5 heteroatoms. The minimum Gasteiger partial charge on any atom is -0.260 e. The molecule has 2 N–H and O–H groups in total. The van der Waals surface area contributed by atoms with Crippen LogP contribution in [0.15, 0.2) is 17.2 Å². The van der Waals surface area contributed by atoms with E-state index in [-0.39, 0.29) is 4.90 Å². The maximum atomic E-state index is 11.0. The lowest BCUT2D eigenvalue weighted by molar-refractivity contribution is 0.597. The Morgan fingerprint density at radius 2 is 2.15 bits per heavy atom. The summed E-state index contributed by atoms with van der Waals surface area (Å²) < 4.78 is 21.9. The fourth-order valence-electron chi connectivity index (χ4n) is 1.56. The van der Waals surface area contributed by atoms with Crippen molar-refractivity contribution >= 4 is 10.0 Å². The number of hydrogen-bond acceptors (Lipinski definition) is 3. The fraction of sp³-hybridized carbons (Fsp3) is 0.375. The van der Waals surface area contributed by atoms with Crippen LogP contribution in [-0.4, -0.2) is 13.4 Å². The summed E-state index contributed by atoms with van der Waals surface area (Å²) in [5.41, 5.74) is 2.03. The molecule has 0 atom stereocenters. The van der Waals surface area contributed by atoms with Gasteiger partial charge in [0.15, 0.2) is 0 Å². The van der Waals surface area contributed by atoms with Crippen molar-refractivity contribution in [2.75, 3.05) is 0 Å². The van der Waals surface area contributed by atoms with Crippen LogP contribution in [0.1, 0.15) is 17.7 Å². The number of pyridine rings is 1. The molecule has 0 bridgehead atoms. The van der Waals surface area contributed by atoms with E-state index in [1.807, 2.05) is 0 Å². The van der Waals surface area contributed by atoms with Gasteiger partial charge in [-0.15, -0.1) is 0 Å². The second-order valence-corrected chi connectivity index (χ2v) is 4.74. The van der Waals surface area contributed by atoms with E-state index in [1.165, 1.54) is 6.20 Å². The van der Waals surface area contributed by atoms with E-state index in [0.29, 0.717) is 0 Å². The number of hydrogen-bond donors (Lipinski definition) is 1. The molecule has 1 heterocycles. The van der Waals surface area contributed by atoms with Crippen molar-refractivity contribution in [1.29, 1.82) is 0 Å². The first kappa shape index (κ1) is 8.65. The molecule has 2 rings (SSSR count). The van der Waals surface area contributed by atoms with Gasteiger partial charge in [-0.05, 0) is 30.9 Å². The minimum absolute atomic E-state index is 0.119.